The summed E-state index contributed by atoms with van der Waals surface area (Å²) in [5.41, 5.74) is 6.70. The van der Waals surface area contributed by atoms with Gasteiger partial charge >= 0.3 is 0 Å². The largest absolute Gasteiger partial charge is 0.481 e. The molecule has 0 bridgehead atoms. The van der Waals surface area contributed by atoms with Gasteiger partial charge in [0.15, 0.2) is 0 Å². The quantitative estimate of drug-likeness (QED) is 0.519. The maximum atomic E-state index is 5.46. The Morgan fingerprint density at radius 1 is 1.00 bits per heavy atom. The molecule has 0 saturated heterocycles. The molecule has 1 N–H and O–H groups in total. The molecule has 4 rings (SSSR count). The van der Waals surface area contributed by atoms with Crippen molar-refractivity contribution in [2.24, 2.45) is 14.1 Å². The van der Waals surface area contributed by atoms with Crippen molar-refractivity contribution in [3.05, 3.63) is 71.2 Å². The standard InChI is InChI=1S/C23H27N5O/c1-16-19(23(29-4)28(3)26-16)15-24-18-12-9-17(10-13-18)11-14-22-25-20-7-5-6-8-21(20)27(22)2/h5-10,12-13,24H,11,14-15H2,1-4H3. The van der Waals surface area contributed by atoms with E-state index >= 15 is 0 Å². The second kappa shape index (κ2) is 7.99. The molecule has 4 aromatic rings. The van der Waals surface area contributed by atoms with Gasteiger partial charge in [0.2, 0.25) is 5.88 Å². The van der Waals surface area contributed by atoms with Crippen molar-refractivity contribution in [1.29, 1.82) is 0 Å². The van der Waals surface area contributed by atoms with Gasteiger partial charge in [-0.1, -0.05) is 24.3 Å². The minimum absolute atomic E-state index is 0.683. The molecule has 0 fully saturated rings. The van der Waals surface area contributed by atoms with Gasteiger partial charge in [-0.15, -0.1) is 0 Å². The third-order valence-corrected chi connectivity index (χ3v) is 5.42. The lowest BCUT2D eigenvalue weighted by Crippen LogP contribution is -2.03. The number of hydrogen-bond acceptors (Lipinski definition) is 4. The molecule has 0 aliphatic carbocycles. The minimum Gasteiger partial charge on any atom is -0.481 e. The monoisotopic (exact) mass is 389 g/mol. The number of benzene rings is 2. The molecule has 2 heterocycles. The van der Waals surface area contributed by atoms with Gasteiger partial charge in [0.05, 0.1) is 29.4 Å². The first-order valence-corrected chi connectivity index (χ1v) is 9.86. The van der Waals surface area contributed by atoms with E-state index < -0.39 is 0 Å². The number of hydrogen-bond donors (Lipinski definition) is 1. The Balaban J connectivity index is 1.38. The van der Waals surface area contributed by atoms with Crippen molar-refractivity contribution in [3.8, 4) is 5.88 Å². The van der Waals surface area contributed by atoms with Crippen LogP contribution in [0.5, 0.6) is 5.88 Å². The minimum atomic E-state index is 0.683. The molecular weight excluding hydrogens is 362 g/mol. The molecule has 6 heteroatoms. The fraction of sp³-hybridized carbons (Fsp3) is 0.304. The fourth-order valence-corrected chi connectivity index (χ4v) is 3.79. The summed E-state index contributed by atoms with van der Waals surface area (Å²) in [5, 5.41) is 7.90. The van der Waals surface area contributed by atoms with Crippen molar-refractivity contribution >= 4 is 16.7 Å². The van der Waals surface area contributed by atoms with Gasteiger partial charge in [0, 0.05) is 32.7 Å². The highest BCUT2D eigenvalue weighted by Crippen LogP contribution is 2.22. The van der Waals surface area contributed by atoms with Crippen LogP contribution in [0.25, 0.3) is 11.0 Å². The normalized spacial score (nSPS) is 11.2. The molecule has 0 spiro atoms. The number of ether oxygens (including phenoxy) is 1. The van der Waals surface area contributed by atoms with Crippen LogP contribution in [0.4, 0.5) is 5.69 Å². The summed E-state index contributed by atoms with van der Waals surface area (Å²) in [5.74, 6) is 1.92. The topological polar surface area (TPSA) is 56.9 Å². The number of rotatable bonds is 7. The highest BCUT2D eigenvalue weighted by molar-refractivity contribution is 5.75. The van der Waals surface area contributed by atoms with Crippen LogP contribution < -0.4 is 10.1 Å². The van der Waals surface area contributed by atoms with Crippen LogP contribution in [0, 0.1) is 6.92 Å². The summed E-state index contributed by atoms with van der Waals surface area (Å²) in [6.45, 7) is 2.69. The summed E-state index contributed by atoms with van der Waals surface area (Å²) >= 11 is 0. The average molecular weight is 390 g/mol. The predicted molar refractivity (Wildman–Crippen MR) is 116 cm³/mol. The fourth-order valence-electron chi connectivity index (χ4n) is 3.79. The zero-order valence-corrected chi connectivity index (χ0v) is 17.4. The van der Waals surface area contributed by atoms with Crippen LogP contribution in [0.3, 0.4) is 0 Å². The molecule has 0 unspecified atom stereocenters. The van der Waals surface area contributed by atoms with E-state index in [2.05, 4.69) is 64.5 Å². The maximum Gasteiger partial charge on any atom is 0.216 e. The first-order chi connectivity index (χ1) is 14.1. The van der Waals surface area contributed by atoms with Gasteiger partial charge in [-0.3, -0.25) is 0 Å². The zero-order valence-electron chi connectivity index (χ0n) is 17.4. The molecule has 0 radical (unpaired) electrons. The predicted octanol–water partition coefficient (Wildman–Crippen LogP) is 4.02. The lowest BCUT2D eigenvalue weighted by Gasteiger charge is -2.09. The third kappa shape index (κ3) is 3.83. The Bertz CT molecular complexity index is 1120. The Kier molecular flexibility index (Phi) is 5.25. The van der Waals surface area contributed by atoms with Crippen LogP contribution >= 0.6 is 0 Å². The van der Waals surface area contributed by atoms with E-state index in [4.69, 9.17) is 9.72 Å². The molecule has 2 aromatic carbocycles. The second-order valence-corrected chi connectivity index (χ2v) is 7.32. The molecule has 0 aliphatic heterocycles. The number of imidazole rings is 1. The Labute approximate surface area is 171 Å². The highest BCUT2D eigenvalue weighted by Gasteiger charge is 2.13. The molecule has 0 atom stereocenters. The average Bonchev–Trinajstić information content (AvgIpc) is 3.20. The zero-order chi connectivity index (χ0) is 20.4. The number of aryl methyl sites for hydroxylation is 5. The SMILES string of the molecule is COc1c(CNc2ccc(CCc3nc4ccccc4n3C)cc2)c(C)nn1C. The van der Waals surface area contributed by atoms with Crippen molar-refractivity contribution in [3.63, 3.8) is 0 Å². The number of aromatic nitrogens is 4. The number of methoxy groups -OCH3 is 1. The summed E-state index contributed by atoms with van der Waals surface area (Å²) in [6, 6.07) is 16.9. The van der Waals surface area contributed by atoms with E-state index in [1.54, 1.807) is 11.8 Å². The molecule has 29 heavy (non-hydrogen) atoms. The molecule has 2 aromatic heterocycles. The third-order valence-electron chi connectivity index (χ3n) is 5.42. The van der Waals surface area contributed by atoms with Gasteiger partial charge in [-0.25, -0.2) is 9.67 Å². The maximum absolute atomic E-state index is 5.46. The van der Waals surface area contributed by atoms with E-state index in [-0.39, 0.29) is 0 Å². The summed E-state index contributed by atoms with van der Waals surface area (Å²) in [4.78, 5) is 4.77. The molecule has 0 amide bonds. The second-order valence-electron chi connectivity index (χ2n) is 7.32. The summed E-state index contributed by atoms with van der Waals surface area (Å²) < 4.78 is 9.43. The molecule has 0 saturated carbocycles. The molecular formula is C23H27N5O. The van der Waals surface area contributed by atoms with Crippen LogP contribution in [-0.4, -0.2) is 26.4 Å². The first kappa shape index (κ1) is 19.1. The van der Waals surface area contributed by atoms with Gasteiger partial charge in [-0.05, 0) is 43.2 Å². The van der Waals surface area contributed by atoms with Crippen molar-refractivity contribution in [2.45, 2.75) is 26.3 Å². The van der Waals surface area contributed by atoms with Crippen LogP contribution in [0.1, 0.15) is 22.6 Å². The van der Waals surface area contributed by atoms with E-state index in [1.165, 1.54) is 11.1 Å². The summed E-state index contributed by atoms with van der Waals surface area (Å²) in [6.07, 6.45) is 1.89. The van der Waals surface area contributed by atoms with Crippen molar-refractivity contribution in [2.75, 3.05) is 12.4 Å². The molecule has 6 nitrogen and oxygen atoms in total. The van der Waals surface area contributed by atoms with Gasteiger partial charge in [0.25, 0.3) is 0 Å². The number of fused-ring (bicyclic) bond motifs is 1. The van der Waals surface area contributed by atoms with Gasteiger partial charge < -0.3 is 14.6 Å². The van der Waals surface area contributed by atoms with Crippen LogP contribution in [0.2, 0.25) is 0 Å². The Hall–Kier alpha value is -3.28. The van der Waals surface area contributed by atoms with Gasteiger partial charge in [0.1, 0.15) is 5.82 Å². The number of nitrogens with zero attached hydrogens (tertiary/aromatic N) is 4. The Morgan fingerprint density at radius 3 is 2.48 bits per heavy atom. The lowest BCUT2D eigenvalue weighted by atomic mass is 10.1. The summed E-state index contributed by atoms with van der Waals surface area (Å²) in [7, 11) is 5.67. The van der Waals surface area contributed by atoms with Crippen LogP contribution in [-0.2, 0) is 33.5 Å². The van der Waals surface area contributed by atoms with E-state index in [0.717, 1.165) is 47.0 Å². The van der Waals surface area contributed by atoms with Gasteiger partial charge in [-0.2, -0.15) is 5.10 Å². The van der Waals surface area contributed by atoms with Crippen LogP contribution in [0.15, 0.2) is 48.5 Å². The number of nitrogens with one attached hydrogen (secondary N) is 1. The highest BCUT2D eigenvalue weighted by atomic mass is 16.5. The number of para-hydroxylation sites is 2. The molecule has 150 valence electrons. The smallest absolute Gasteiger partial charge is 0.216 e. The van der Waals surface area contributed by atoms with E-state index in [9.17, 15) is 0 Å². The van der Waals surface area contributed by atoms with E-state index in [0.29, 0.717) is 6.54 Å². The number of anilines is 1. The van der Waals surface area contributed by atoms with Crippen molar-refractivity contribution < 1.29 is 4.74 Å². The first-order valence-electron chi connectivity index (χ1n) is 9.86. The molecule has 0 aliphatic rings. The van der Waals surface area contributed by atoms with E-state index in [1.807, 2.05) is 20.0 Å². The van der Waals surface area contributed by atoms with Crippen molar-refractivity contribution in [1.82, 2.24) is 19.3 Å². The Morgan fingerprint density at radius 2 is 1.76 bits per heavy atom. The lowest BCUT2D eigenvalue weighted by molar-refractivity contribution is 0.370.